The number of morpholine rings is 1. The second kappa shape index (κ2) is 4.59. The van der Waals surface area contributed by atoms with Crippen LogP contribution in [-0.4, -0.2) is 41.6 Å². The maximum Gasteiger partial charge on any atom is 0.256 e. The maximum atomic E-state index is 12.5. The van der Waals surface area contributed by atoms with E-state index in [1.807, 2.05) is 30.0 Å². The molecule has 0 spiro atoms. The van der Waals surface area contributed by atoms with E-state index in [1.165, 1.54) is 0 Å². The molecule has 1 aliphatic heterocycles. The van der Waals surface area contributed by atoms with Gasteiger partial charge in [0.05, 0.1) is 18.3 Å². The molecule has 2 heterocycles. The van der Waals surface area contributed by atoms with E-state index >= 15 is 0 Å². The smallest absolute Gasteiger partial charge is 0.256 e. The number of ether oxygens (including phenoxy) is 1. The molecule has 3 N–H and O–H groups in total. The number of aromatic amines is 1. The van der Waals surface area contributed by atoms with Crippen LogP contribution in [0.2, 0.25) is 0 Å². The third kappa shape index (κ3) is 2.17. The average Bonchev–Trinajstić information content (AvgIpc) is 2.80. The van der Waals surface area contributed by atoms with Crippen molar-refractivity contribution in [1.82, 2.24) is 9.88 Å². The molecule has 1 aromatic carbocycles. The van der Waals surface area contributed by atoms with E-state index < -0.39 is 0 Å². The molecule has 0 bridgehead atoms. The summed E-state index contributed by atoms with van der Waals surface area (Å²) in [5, 5.41) is 0.879. The second-order valence-corrected chi connectivity index (χ2v) is 4.94. The molecule has 1 aromatic heterocycles. The fraction of sp³-hybridized carbons (Fsp3) is 0.357. The van der Waals surface area contributed by atoms with Crippen molar-refractivity contribution in [2.45, 2.75) is 13.0 Å². The van der Waals surface area contributed by atoms with Gasteiger partial charge < -0.3 is 20.4 Å². The van der Waals surface area contributed by atoms with E-state index in [0.29, 0.717) is 30.9 Å². The monoisotopic (exact) mass is 259 g/mol. The van der Waals surface area contributed by atoms with Crippen molar-refractivity contribution in [1.29, 1.82) is 0 Å². The van der Waals surface area contributed by atoms with E-state index in [9.17, 15) is 4.79 Å². The molecule has 0 saturated carbocycles. The molecule has 1 amide bonds. The Kier molecular flexibility index (Phi) is 2.91. The third-order valence-corrected chi connectivity index (χ3v) is 3.46. The summed E-state index contributed by atoms with van der Waals surface area (Å²) in [4.78, 5) is 17.5. The van der Waals surface area contributed by atoms with Crippen molar-refractivity contribution in [3.05, 3.63) is 30.0 Å². The summed E-state index contributed by atoms with van der Waals surface area (Å²) in [6.07, 6.45) is 1.85. The molecule has 100 valence electrons. The highest BCUT2D eigenvalue weighted by Crippen LogP contribution is 2.23. The van der Waals surface area contributed by atoms with Gasteiger partial charge in [-0.2, -0.15) is 0 Å². The highest BCUT2D eigenvalue weighted by Gasteiger charge is 2.24. The zero-order chi connectivity index (χ0) is 13.4. The Labute approximate surface area is 111 Å². The number of benzene rings is 1. The number of nitrogens with two attached hydrogens (primary N) is 1. The van der Waals surface area contributed by atoms with Crippen LogP contribution < -0.4 is 5.73 Å². The maximum absolute atomic E-state index is 12.5. The van der Waals surface area contributed by atoms with Gasteiger partial charge in [0.2, 0.25) is 0 Å². The highest BCUT2D eigenvalue weighted by molar-refractivity contribution is 6.07. The first-order valence-corrected chi connectivity index (χ1v) is 6.42. The number of nitrogens with zero attached hydrogens (tertiary/aromatic N) is 1. The molecule has 0 radical (unpaired) electrons. The molecule has 1 fully saturated rings. The summed E-state index contributed by atoms with van der Waals surface area (Å²) in [5.41, 5.74) is 8.06. The summed E-state index contributed by atoms with van der Waals surface area (Å²) in [6.45, 7) is 3.84. The third-order valence-electron chi connectivity index (χ3n) is 3.46. The van der Waals surface area contributed by atoms with Crippen molar-refractivity contribution in [2.75, 3.05) is 25.4 Å². The fourth-order valence-electron chi connectivity index (χ4n) is 2.49. The van der Waals surface area contributed by atoms with Crippen LogP contribution in [-0.2, 0) is 4.74 Å². The minimum Gasteiger partial charge on any atom is -0.399 e. The van der Waals surface area contributed by atoms with Crippen LogP contribution in [0.4, 0.5) is 5.69 Å². The van der Waals surface area contributed by atoms with Crippen LogP contribution in [0.5, 0.6) is 0 Å². The molecule has 3 rings (SSSR count). The first-order valence-electron chi connectivity index (χ1n) is 6.42. The summed E-state index contributed by atoms with van der Waals surface area (Å²) in [7, 11) is 0. The van der Waals surface area contributed by atoms with E-state index in [-0.39, 0.29) is 12.0 Å². The first kappa shape index (κ1) is 12.0. The minimum atomic E-state index is 0.0343. The summed E-state index contributed by atoms with van der Waals surface area (Å²) >= 11 is 0. The lowest BCUT2D eigenvalue weighted by Crippen LogP contribution is -2.44. The van der Waals surface area contributed by atoms with Gasteiger partial charge >= 0.3 is 0 Å². The molecule has 1 atom stereocenters. The topological polar surface area (TPSA) is 71.4 Å². The fourth-order valence-corrected chi connectivity index (χ4v) is 2.49. The zero-order valence-corrected chi connectivity index (χ0v) is 10.8. The van der Waals surface area contributed by atoms with Crippen molar-refractivity contribution in [3.8, 4) is 0 Å². The normalized spacial score (nSPS) is 19.8. The van der Waals surface area contributed by atoms with E-state index in [4.69, 9.17) is 10.5 Å². The Morgan fingerprint density at radius 2 is 2.37 bits per heavy atom. The Morgan fingerprint density at radius 3 is 3.16 bits per heavy atom. The number of H-pyrrole nitrogens is 1. The average molecular weight is 259 g/mol. The van der Waals surface area contributed by atoms with Crippen molar-refractivity contribution >= 4 is 22.5 Å². The number of amides is 1. The second-order valence-electron chi connectivity index (χ2n) is 4.94. The van der Waals surface area contributed by atoms with Gasteiger partial charge in [0.15, 0.2) is 0 Å². The summed E-state index contributed by atoms with van der Waals surface area (Å²) in [6, 6.07) is 5.55. The Balaban J connectivity index is 1.95. The molecule has 1 saturated heterocycles. The molecule has 0 aliphatic carbocycles. The SMILES string of the molecule is CC1CN(C(=O)c2c[nH]c3ccc(N)cc23)CCO1. The number of carbonyl (C=O) groups excluding carboxylic acids is 1. The molecular formula is C14H17N3O2. The lowest BCUT2D eigenvalue weighted by molar-refractivity contribution is -0.0123. The van der Waals surface area contributed by atoms with Crippen LogP contribution in [0.1, 0.15) is 17.3 Å². The van der Waals surface area contributed by atoms with E-state index in [1.54, 1.807) is 6.20 Å². The van der Waals surface area contributed by atoms with Gasteiger partial charge in [-0.05, 0) is 25.1 Å². The Bertz CT molecular complexity index is 620. The Hall–Kier alpha value is -2.01. The van der Waals surface area contributed by atoms with Crippen LogP contribution in [0.25, 0.3) is 10.9 Å². The molecular weight excluding hydrogens is 242 g/mol. The van der Waals surface area contributed by atoms with Crippen molar-refractivity contribution in [3.63, 3.8) is 0 Å². The van der Waals surface area contributed by atoms with E-state index in [0.717, 1.165) is 10.9 Å². The molecule has 5 heteroatoms. The van der Waals surface area contributed by atoms with Gasteiger partial charge in [0.1, 0.15) is 0 Å². The first-order chi connectivity index (χ1) is 9.15. The minimum absolute atomic E-state index is 0.0343. The van der Waals surface area contributed by atoms with Gasteiger partial charge in [0.25, 0.3) is 5.91 Å². The van der Waals surface area contributed by atoms with Crippen molar-refractivity contribution < 1.29 is 9.53 Å². The number of rotatable bonds is 1. The number of nitrogen functional groups attached to an aromatic ring is 1. The number of aromatic nitrogens is 1. The predicted octanol–water partition coefficient (Wildman–Crippen LogP) is 1.61. The van der Waals surface area contributed by atoms with Gasteiger partial charge in [-0.3, -0.25) is 4.79 Å². The molecule has 1 aliphatic rings. The number of fused-ring (bicyclic) bond motifs is 1. The molecule has 5 nitrogen and oxygen atoms in total. The standard InChI is InChI=1S/C14H17N3O2/c1-9-8-17(4-5-19-9)14(18)12-7-16-13-3-2-10(15)6-11(12)13/h2-3,6-7,9,16H,4-5,8,15H2,1H3. The Morgan fingerprint density at radius 1 is 1.53 bits per heavy atom. The quantitative estimate of drug-likeness (QED) is 0.764. The number of hydrogen-bond donors (Lipinski definition) is 2. The summed E-state index contributed by atoms with van der Waals surface area (Å²) < 4.78 is 5.46. The zero-order valence-electron chi connectivity index (χ0n) is 10.8. The van der Waals surface area contributed by atoms with Gasteiger partial charge in [-0.25, -0.2) is 0 Å². The van der Waals surface area contributed by atoms with Crippen LogP contribution >= 0.6 is 0 Å². The molecule has 1 unspecified atom stereocenters. The predicted molar refractivity (Wildman–Crippen MR) is 74.0 cm³/mol. The van der Waals surface area contributed by atoms with Gasteiger partial charge in [-0.1, -0.05) is 0 Å². The molecule has 19 heavy (non-hydrogen) atoms. The number of carbonyl (C=O) groups is 1. The lowest BCUT2D eigenvalue weighted by Gasteiger charge is -2.31. The van der Waals surface area contributed by atoms with Crippen LogP contribution in [0, 0.1) is 0 Å². The highest BCUT2D eigenvalue weighted by atomic mass is 16.5. The number of nitrogens with one attached hydrogen (secondary N) is 1. The van der Waals surface area contributed by atoms with Crippen LogP contribution in [0.15, 0.2) is 24.4 Å². The van der Waals surface area contributed by atoms with Gasteiger partial charge in [0, 0.05) is 35.9 Å². The lowest BCUT2D eigenvalue weighted by atomic mass is 10.1. The number of anilines is 1. The summed E-state index contributed by atoms with van der Waals surface area (Å²) in [5.74, 6) is 0.0343. The molecule has 2 aromatic rings. The largest absolute Gasteiger partial charge is 0.399 e. The van der Waals surface area contributed by atoms with Crippen LogP contribution in [0.3, 0.4) is 0 Å². The van der Waals surface area contributed by atoms with Gasteiger partial charge in [-0.15, -0.1) is 0 Å². The van der Waals surface area contributed by atoms with Crippen molar-refractivity contribution in [2.24, 2.45) is 0 Å². The van der Waals surface area contributed by atoms with E-state index in [2.05, 4.69) is 4.98 Å². The number of hydrogen-bond acceptors (Lipinski definition) is 3.